The van der Waals surface area contributed by atoms with Crippen molar-refractivity contribution < 1.29 is 14.3 Å². The maximum absolute atomic E-state index is 13.4. The lowest BCUT2D eigenvalue weighted by Gasteiger charge is -2.31. The number of carbonyl (C=O) groups is 2. The van der Waals surface area contributed by atoms with Gasteiger partial charge in [-0.05, 0) is 43.0 Å². The van der Waals surface area contributed by atoms with Crippen LogP contribution >= 0.6 is 0 Å². The molecule has 2 aromatic carbocycles. The van der Waals surface area contributed by atoms with Crippen molar-refractivity contribution in [1.82, 2.24) is 9.80 Å². The summed E-state index contributed by atoms with van der Waals surface area (Å²) in [5.41, 5.74) is 1.67. The van der Waals surface area contributed by atoms with Crippen LogP contribution in [0.3, 0.4) is 0 Å². The van der Waals surface area contributed by atoms with Crippen LogP contribution in [0.15, 0.2) is 54.6 Å². The molecule has 5 nitrogen and oxygen atoms in total. The fourth-order valence-electron chi connectivity index (χ4n) is 4.62. The number of piperidine rings is 1. The van der Waals surface area contributed by atoms with Gasteiger partial charge in [-0.2, -0.15) is 0 Å². The molecule has 0 aromatic heterocycles. The highest BCUT2D eigenvalue weighted by molar-refractivity contribution is 5.95. The first-order valence-electron chi connectivity index (χ1n) is 10.4. The lowest BCUT2D eigenvalue weighted by atomic mass is 9.87. The third-order valence-electron chi connectivity index (χ3n) is 6.15. The first kappa shape index (κ1) is 19.5. The van der Waals surface area contributed by atoms with Crippen molar-refractivity contribution in [3.05, 3.63) is 65.7 Å². The van der Waals surface area contributed by atoms with Crippen LogP contribution in [-0.2, 0) is 4.79 Å². The molecule has 2 aromatic rings. The molecule has 152 valence electrons. The van der Waals surface area contributed by atoms with E-state index in [1.165, 1.54) is 6.42 Å². The predicted molar refractivity (Wildman–Crippen MR) is 112 cm³/mol. The fourth-order valence-corrected chi connectivity index (χ4v) is 4.62. The summed E-state index contributed by atoms with van der Waals surface area (Å²) in [7, 11) is 1.65. The van der Waals surface area contributed by atoms with Crippen LogP contribution < -0.4 is 4.74 Å². The number of hydrogen-bond acceptors (Lipinski definition) is 3. The Morgan fingerprint density at radius 1 is 0.862 bits per heavy atom. The molecule has 0 radical (unpaired) electrons. The normalized spacial score (nSPS) is 21.8. The molecule has 5 heteroatoms. The van der Waals surface area contributed by atoms with E-state index in [0.29, 0.717) is 18.7 Å². The number of methoxy groups -OCH3 is 1. The van der Waals surface area contributed by atoms with Gasteiger partial charge in [-0.3, -0.25) is 9.59 Å². The molecule has 0 saturated carbocycles. The molecule has 2 amide bonds. The second-order valence-electron chi connectivity index (χ2n) is 7.92. The van der Waals surface area contributed by atoms with E-state index in [1.54, 1.807) is 7.11 Å². The molecular weight excluding hydrogens is 364 g/mol. The zero-order chi connectivity index (χ0) is 20.2. The molecule has 4 rings (SSSR count). The van der Waals surface area contributed by atoms with Crippen molar-refractivity contribution in [3.8, 4) is 5.75 Å². The number of rotatable bonds is 4. The third-order valence-corrected chi connectivity index (χ3v) is 6.15. The summed E-state index contributed by atoms with van der Waals surface area (Å²) in [6.07, 6.45) is 3.30. The van der Waals surface area contributed by atoms with Crippen LogP contribution in [0.5, 0.6) is 5.75 Å². The number of ether oxygens (including phenoxy) is 1. The van der Waals surface area contributed by atoms with Gasteiger partial charge in [0.05, 0.1) is 13.0 Å². The second-order valence-corrected chi connectivity index (χ2v) is 7.92. The molecule has 29 heavy (non-hydrogen) atoms. The number of carbonyl (C=O) groups excluding carboxylic acids is 2. The minimum Gasteiger partial charge on any atom is -0.496 e. The number of benzene rings is 2. The van der Waals surface area contributed by atoms with Gasteiger partial charge in [-0.25, -0.2) is 0 Å². The van der Waals surface area contributed by atoms with Crippen molar-refractivity contribution in [3.63, 3.8) is 0 Å². The van der Waals surface area contributed by atoms with E-state index in [-0.39, 0.29) is 23.7 Å². The van der Waals surface area contributed by atoms with Gasteiger partial charge in [0.1, 0.15) is 5.75 Å². The Balaban J connectivity index is 1.64. The zero-order valence-corrected chi connectivity index (χ0v) is 16.9. The number of amides is 2. The van der Waals surface area contributed by atoms with E-state index in [4.69, 9.17) is 4.74 Å². The van der Waals surface area contributed by atoms with E-state index < -0.39 is 0 Å². The maximum Gasteiger partial charge on any atom is 0.253 e. The van der Waals surface area contributed by atoms with E-state index >= 15 is 0 Å². The van der Waals surface area contributed by atoms with Gasteiger partial charge in [-0.1, -0.05) is 36.4 Å². The van der Waals surface area contributed by atoms with Crippen molar-refractivity contribution in [1.29, 1.82) is 0 Å². The standard InChI is InChI=1S/C24H28N2O3/c1-29-22-13-7-6-12-19(22)20-16-26(23(27)18-10-4-2-5-11-18)17-21(20)24(28)25-14-8-3-9-15-25/h2,4-7,10-13,20-21H,3,8-9,14-17H2,1H3. The maximum atomic E-state index is 13.4. The van der Waals surface area contributed by atoms with Gasteiger partial charge >= 0.3 is 0 Å². The van der Waals surface area contributed by atoms with Gasteiger partial charge in [0.2, 0.25) is 5.91 Å². The molecule has 2 saturated heterocycles. The van der Waals surface area contributed by atoms with Crippen LogP contribution in [-0.4, -0.2) is 54.9 Å². The summed E-state index contributed by atoms with van der Waals surface area (Å²) in [5.74, 6) is 0.636. The SMILES string of the molecule is COc1ccccc1C1CN(C(=O)c2ccccc2)CC1C(=O)N1CCCCC1. The number of likely N-dealkylation sites (tertiary alicyclic amines) is 2. The van der Waals surface area contributed by atoms with Crippen LogP contribution in [0.2, 0.25) is 0 Å². The summed E-state index contributed by atoms with van der Waals surface area (Å²) in [4.78, 5) is 30.4. The highest BCUT2D eigenvalue weighted by Gasteiger charge is 2.43. The van der Waals surface area contributed by atoms with Crippen molar-refractivity contribution in [2.24, 2.45) is 5.92 Å². The quantitative estimate of drug-likeness (QED) is 0.799. The average Bonchev–Trinajstić information content (AvgIpc) is 3.24. The lowest BCUT2D eigenvalue weighted by molar-refractivity contribution is -0.136. The molecule has 2 heterocycles. The van der Waals surface area contributed by atoms with Crippen molar-refractivity contribution in [2.45, 2.75) is 25.2 Å². The third kappa shape index (κ3) is 4.00. The highest BCUT2D eigenvalue weighted by atomic mass is 16.5. The van der Waals surface area contributed by atoms with E-state index in [9.17, 15) is 9.59 Å². The first-order chi connectivity index (χ1) is 14.2. The predicted octanol–water partition coefficient (Wildman–Crippen LogP) is 3.56. The number of nitrogens with zero attached hydrogens (tertiary/aromatic N) is 2. The highest BCUT2D eigenvalue weighted by Crippen LogP contribution is 2.39. The summed E-state index contributed by atoms with van der Waals surface area (Å²) >= 11 is 0. The Morgan fingerprint density at radius 3 is 2.28 bits per heavy atom. The Kier molecular flexibility index (Phi) is 5.84. The summed E-state index contributed by atoms with van der Waals surface area (Å²) < 4.78 is 5.58. The molecule has 2 aliphatic rings. The Bertz CT molecular complexity index is 861. The molecule has 2 fully saturated rings. The zero-order valence-electron chi connectivity index (χ0n) is 16.9. The topological polar surface area (TPSA) is 49.9 Å². The summed E-state index contributed by atoms with van der Waals surface area (Å²) in [5, 5.41) is 0. The molecule has 0 spiro atoms. The molecule has 0 bridgehead atoms. The summed E-state index contributed by atoms with van der Waals surface area (Å²) in [6, 6.07) is 17.2. The van der Waals surface area contributed by atoms with Gasteiger partial charge in [0.15, 0.2) is 0 Å². The monoisotopic (exact) mass is 392 g/mol. The average molecular weight is 392 g/mol. The summed E-state index contributed by atoms with van der Waals surface area (Å²) in [6.45, 7) is 2.62. The minimum absolute atomic E-state index is 0.0144. The lowest BCUT2D eigenvalue weighted by Crippen LogP contribution is -2.42. The fraction of sp³-hybridized carbons (Fsp3) is 0.417. The molecule has 2 aliphatic heterocycles. The van der Waals surface area contributed by atoms with Gasteiger partial charge < -0.3 is 14.5 Å². The molecule has 2 unspecified atom stereocenters. The van der Waals surface area contributed by atoms with E-state index in [2.05, 4.69) is 0 Å². The molecule has 0 aliphatic carbocycles. The number of hydrogen-bond donors (Lipinski definition) is 0. The Labute approximate surface area is 172 Å². The Hall–Kier alpha value is -2.82. The van der Waals surface area contributed by atoms with Crippen LogP contribution in [0.25, 0.3) is 0 Å². The Morgan fingerprint density at radius 2 is 1.55 bits per heavy atom. The number of para-hydroxylation sites is 1. The van der Waals surface area contributed by atoms with Gasteiger partial charge in [0.25, 0.3) is 5.91 Å². The van der Waals surface area contributed by atoms with E-state index in [1.807, 2.05) is 64.4 Å². The van der Waals surface area contributed by atoms with Crippen LogP contribution in [0.1, 0.15) is 41.1 Å². The minimum atomic E-state index is -0.239. The molecule has 2 atom stereocenters. The van der Waals surface area contributed by atoms with Crippen LogP contribution in [0, 0.1) is 5.92 Å². The molecule has 0 N–H and O–H groups in total. The van der Waals surface area contributed by atoms with Gasteiger partial charge in [0, 0.05) is 37.7 Å². The van der Waals surface area contributed by atoms with Gasteiger partial charge in [-0.15, -0.1) is 0 Å². The van der Waals surface area contributed by atoms with Crippen molar-refractivity contribution in [2.75, 3.05) is 33.3 Å². The second kappa shape index (κ2) is 8.68. The first-order valence-corrected chi connectivity index (χ1v) is 10.4. The van der Waals surface area contributed by atoms with Crippen molar-refractivity contribution >= 4 is 11.8 Å². The largest absolute Gasteiger partial charge is 0.496 e. The van der Waals surface area contributed by atoms with E-state index in [0.717, 1.165) is 37.2 Å². The smallest absolute Gasteiger partial charge is 0.253 e. The molecular formula is C24H28N2O3. The van der Waals surface area contributed by atoms with Crippen LogP contribution in [0.4, 0.5) is 0 Å².